The maximum Gasteiger partial charge on any atom is 0.237 e. The molecule has 1 aromatic heterocycles. The topological polar surface area (TPSA) is 41.9 Å². The number of aromatic nitrogens is 3. The first-order valence-corrected chi connectivity index (χ1v) is 19.3. The maximum atomic E-state index is 4.76. The SMILES string of the molecule is c1ccc(-c2cc(-c3ccccc3)c3c4ccccc4c4cc(N(c5ncncn5)c5cc6ccccc6c6ccccc56)ccc4c3c2-c2ccccc2)cc1. The Labute approximate surface area is 330 Å². The van der Waals surface area contributed by atoms with Crippen molar-refractivity contribution in [3.8, 4) is 33.4 Å². The van der Waals surface area contributed by atoms with Gasteiger partial charge in [-0.1, -0.05) is 170 Å². The molecule has 0 amide bonds. The molecule has 266 valence electrons. The quantitative estimate of drug-likeness (QED) is 0.160. The monoisotopic (exact) mass is 726 g/mol. The second-order valence-electron chi connectivity index (χ2n) is 14.4. The van der Waals surface area contributed by atoms with Gasteiger partial charge in [0.25, 0.3) is 0 Å². The van der Waals surface area contributed by atoms with Crippen LogP contribution in [0.25, 0.3) is 87.2 Å². The summed E-state index contributed by atoms with van der Waals surface area (Å²) in [6.07, 6.45) is 3.15. The molecule has 0 saturated carbocycles. The average molecular weight is 727 g/mol. The van der Waals surface area contributed by atoms with Gasteiger partial charge in [-0.15, -0.1) is 0 Å². The lowest BCUT2D eigenvalue weighted by atomic mass is 9.81. The van der Waals surface area contributed by atoms with E-state index >= 15 is 0 Å². The molecule has 0 bridgehead atoms. The van der Waals surface area contributed by atoms with Crippen molar-refractivity contribution in [2.45, 2.75) is 0 Å². The smallest absolute Gasteiger partial charge is 0.237 e. The molecule has 0 fully saturated rings. The van der Waals surface area contributed by atoms with E-state index in [1.165, 1.54) is 71.1 Å². The van der Waals surface area contributed by atoms with Crippen molar-refractivity contribution in [3.63, 3.8) is 0 Å². The summed E-state index contributed by atoms with van der Waals surface area (Å²) in [4.78, 5) is 15.9. The second kappa shape index (κ2) is 13.6. The van der Waals surface area contributed by atoms with E-state index in [-0.39, 0.29) is 0 Å². The first kappa shape index (κ1) is 32.7. The molecule has 1 heterocycles. The molecule has 57 heavy (non-hydrogen) atoms. The van der Waals surface area contributed by atoms with Gasteiger partial charge in [-0.2, -0.15) is 0 Å². The van der Waals surface area contributed by atoms with E-state index in [4.69, 9.17) is 9.97 Å². The first-order chi connectivity index (χ1) is 28.3. The molecule has 0 aliphatic heterocycles. The number of anilines is 3. The minimum atomic E-state index is 0.553. The van der Waals surface area contributed by atoms with Crippen molar-refractivity contribution in [1.29, 1.82) is 0 Å². The van der Waals surface area contributed by atoms with E-state index in [0.717, 1.165) is 27.5 Å². The summed E-state index contributed by atoms with van der Waals surface area (Å²) >= 11 is 0. The molecule has 0 spiro atoms. The van der Waals surface area contributed by atoms with E-state index in [2.05, 4.69) is 204 Å². The molecule has 0 atom stereocenters. The minimum Gasteiger partial charge on any atom is -0.278 e. The van der Waals surface area contributed by atoms with Gasteiger partial charge in [-0.25, -0.2) is 15.0 Å². The molecular weight excluding hydrogens is 693 g/mol. The Hall–Kier alpha value is -7.69. The Morgan fingerprint density at radius 2 is 0.877 bits per heavy atom. The lowest BCUT2D eigenvalue weighted by Crippen LogP contribution is -2.14. The van der Waals surface area contributed by atoms with Crippen LogP contribution in [0.4, 0.5) is 17.3 Å². The Bertz CT molecular complexity index is 3280. The highest BCUT2D eigenvalue weighted by molar-refractivity contribution is 6.33. The van der Waals surface area contributed by atoms with E-state index in [1.807, 2.05) is 0 Å². The number of hydrogen-bond acceptors (Lipinski definition) is 4. The van der Waals surface area contributed by atoms with Crippen LogP contribution in [-0.4, -0.2) is 15.0 Å². The molecule has 0 N–H and O–H groups in total. The molecule has 0 unspecified atom stereocenters. The van der Waals surface area contributed by atoms with Crippen LogP contribution in [0.15, 0.2) is 207 Å². The zero-order valence-electron chi connectivity index (χ0n) is 30.9. The fourth-order valence-electron chi connectivity index (χ4n) is 8.81. The van der Waals surface area contributed by atoms with Crippen LogP contribution in [0.5, 0.6) is 0 Å². The number of benzene rings is 10. The van der Waals surface area contributed by atoms with Gasteiger partial charge in [-0.3, -0.25) is 4.90 Å². The standard InChI is InChI=1S/C53H34N4/c1-4-16-35(17-5-1)46-32-47(36-18-6-2-7-19-36)51-44-27-15-13-25-42(44)48-31-39(28-29-45(48)52(51)50(46)37-20-8-3-9-21-37)57(53-55-33-54-34-56-53)49-30-38-22-10-11-23-40(38)41-24-12-14-26-43(41)49/h1-34H. The molecule has 0 aliphatic carbocycles. The van der Waals surface area contributed by atoms with E-state index in [1.54, 1.807) is 12.7 Å². The van der Waals surface area contributed by atoms with Crippen LogP contribution in [0, 0.1) is 0 Å². The van der Waals surface area contributed by atoms with E-state index in [0.29, 0.717) is 5.95 Å². The molecule has 0 aliphatic rings. The molecule has 11 aromatic rings. The van der Waals surface area contributed by atoms with Gasteiger partial charge in [0, 0.05) is 11.1 Å². The van der Waals surface area contributed by atoms with Gasteiger partial charge in [0.2, 0.25) is 5.95 Å². The summed E-state index contributed by atoms with van der Waals surface area (Å²) in [6.45, 7) is 0. The normalized spacial score (nSPS) is 11.5. The largest absolute Gasteiger partial charge is 0.278 e. The van der Waals surface area contributed by atoms with Gasteiger partial charge in [-0.05, 0) is 106 Å². The highest BCUT2D eigenvalue weighted by Gasteiger charge is 2.24. The van der Waals surface area contributed by atoms with Crippen LogP contribution in [0.3, 0.4) is 0 Å². The Morgan fingerprint density at radius 1 is 0.351 bits per heavy atom. The second-order valence-corrected chi connectivity index (χ2v) is 14.4. The Morgan fingerprint density at radius 3 is 1.56 bits per heavy atom. The van der Waals surface area contributed by atoms with Gasteiger partial charge in [0.1, 0.15) is 12.7 Å². The molecule has 0 radical (unpaired) electrons. The summed E-state index contributed by atoms with van der Waals surface area (Å²) < 4.78 is 0. The highest BCUT2D eigenvalue weighted by atomic mass is 15.3. The van der Waals surface area contributed by atoms with Crippen molar-refractivity contribution in [3.05, 3.63) is 207 Å². The lowest BCUT2D eigenvalue weighted by molar-refractivity contribution is 1.01. The highest BCUT2D eigenvalue weighted by Crippen LogP contribution is 2.50. The number of nitrogens with zero attached hydrogens (tertiary/aromatic N) is 4. The molecular formula is C53H34N4. The van der Waals surface area contributed by atoms with Crippen LogP contribution in [0.1, 0.15) is 0 Å². The third-order valence-corrected chi connectivity index (χ3v) is 11.2. The predicted molar refractivity (Wildman–Crippen MR) is 238 cm³/mol. The number of fused-ring (bicyclic) bond motifs is 9. The first-order valence-electron chi connectivity index (χ1n) is 19.3. The number of hydrogen-bond donors (Lipinski definition) is 0. The van der Waals surface area contributed by atoms with Crippen molar-refractivity contribution in [2.75, 3.05) is 4.90 Å². The van der Waals surface area contributed by atoms with Crippen molar-refractivity contribution in [2.24, 2.45) is 0 Å². The van der Waals surface area contributed by atoms with Gasteiger partial charge in [0.15, 0.2) is 0 Å². The summed E-state index contributed by atoms with van der Waals surface area (Å²) in [5.41, 5.74) is 9.13. The van der Waals surface area contributed by atoms with E-state index < -0.39 is 0 Å². The number of rotatable bonds is 6. The van der Waals surface area contributed by atoms with Gasteiger partial charge in [0.05, 0.1) is 5.69 Å². The van der Waals surface area contributed by atoms with Crippen molar-refractivity contribution < 1.29 is 0 Å². The summed E-state index contributed by atoms with van der Waals surface area (Å²) in [5, 5.41) is 11.8. The summed E-state index contributed by atoms with van der Waals surface area (Å²) in [6, 6.07) is 70.1. The molecule has 10 aromatic carbocycles. The molecule has 4 nitrogen and oxygen atoms in total. The third-order valence-electron chi connectivity index (χ3n) is 11.2. The minimum absolute atomic E-state index is 0.553. The fourth-order valence-corrected chi connectivity index (χ4v) is 8.81. The van der Waals surface area contributed by atoms with E-state index in [9.17, 15) is 0 Å². The zero-order chi connectivity index (χ0) is 37.7. The van der Waals surface area contributed by atoms with Crippen LogP contribution < -0.4 is 4.90 Å². The van der Waals surface area contributed by atoms with Gasteiger partial charge < -0.3 is 0 Å². The predicted octanol–water partition coefficient (Wildman–Crippen LogP) is 14.1. The molecule has 11 rings (SSSR count). The van der Waals surface area contributed by atoms with Crippen LogP contribution in [-0.2, 0) is 0 Å². The Kier molecular flexibility index (Phi) is 7.78. The third kappa shape index (κ3) is 5.42. The van der Waals surface area contributed by atoms with Crippen molar-refractivity contribution >= 4 is 71.2 Å². The van der Waals surface area contributed by atoms with Gasteiger partial charge >= 0.3 is 0 Å². The average Bonchev–Trinajstić information content (AvgIpc) is 3.30. The Balaban J connectivity index is 1.30. The molecule has 4 heteroatoms. The molecule has 0 saturated heterocycles. The summed E-state index contributed by atoms with van der Waals surface area (Å²) in [7, 11) is 0. The van der Waals surface area contributed by atoms with Crippen LogP contribution in [0.2, 0.25) is 0 Å². The zero-order valence-corrected chi connectivity index (χ0v) is 30.9. The van der Waals surface area contributed by atoms with Crippen LogP contribution >= 0.6 is 0 Å². The maximum absolute atomic E-state index is 4.76. The lowest BCUT2D eigenvalue weighted by Gasteiger charge is -2.26. The van der Waals surface area contributed by atoms with Crippen molar-refractivity contribution in [1.82, 2.24) is 15.0 Å². The summed E-state index contributed by atoms with van der Waals surface area (Å²) in [5.74, 6) is 0.553. The fraction of sp³-hybridized carbons (Fsp3) is 0.